The van der Waals surface area contributed by atoms with Gasteiger partial charge in [-0.05, 0) is 49.7 Å². The van der Waals surface area contributed by atoms with E-state index in [0.29, 0.717) is 11.1 Å². The van der Waals surface area contributed by atoms with Gasteiger partial charge in [-0.15, -0.1) is 0 Å². The fourth-order valence-corrected chi connectivity index (χ4v) is 4.27. The quantitative estimate of drug-likeness (QED) is 0.526. The molecule has 0 aliphatic carbocycles. The van der Waals surface area contributed by atoms with Crippen molar-refractivity contribution in [3.05, 3.63) is 87.9 Å². The number of esters is 2. The Kier molecular flexibility index (Phi) is 8.48. The predicted molar refractivity (Wildman–Crippen MR) is 131 cm³/mol. The molecule has 0 saturated carbocycles. The van der Waals surface area contributed by atoms with Gasteiger partial charge in [0.15, 0.2) is 0 Å². The van der Waals surface area contributed by atoms with Gasteiger partial charge in [-0.2, -0.15) is 18.4 Å². The first-order valence-corrected chi connectivity index (χ1v) is 11.4. The number of ether oxygens (including phenoxy) is 3. The van der Waals surface area contributed by atoms with Crippen LogP contribution in [0.1, 0.15) is 36.5 Å². The van der Waals surface area contributed by atoms with Crippen LogP contribution >= 0.6 is 0 Å². The molecule has 38 heavy (non-hydrogen) atoms. The Morgan fingerprint density at radius 1 is 1.11 bits per heavy atom. The van der Waals surface area contributed by atoms with Gasteiger partial charge in [-0.3, -0.25) is 0 Å². The monoisotopic (exact) mass is 529 g/mol. The number of nitriles is 1. The standard InChI is InChI=1S/C27H26F3N3O5/c1-15(14-36-3)38-26(35)23-22(18-10-8-17(13-31)9-11-18)21(25(34)37-4)16(2)33(24(23)32)20-7-5-6-19(12-20)27(28,29)30/h5-12,15,22H,14,32H2,1-4H3. The summed E-state index contributed by atoms with van der Waals surface area (Å²) in [4.78, 5) is 27.8. The summed E-state index contributed by atoms with van der Waals surface area (Å²) in [6, 6.07) is 12.4. The van der Waals surface area contributed by atoms with Crippen molar-refractivity contribution >= 4 is 17.6 Å². The minimum absolute atomic E-state index is 0.0234. The lowest BCUT2D eigenvalue weighted by Gasteiger charge is -2.37. The summed E-state index contributed by atoms with van der Waals surface area (Å²) >= 11 is 0. The molecule has 0 spiro atoms. The van der Waals surface area contributed by atoms with Gasteiger partial charge < -0.3 is 24.8 Å². The van der Waals surface area contributed by atoms with Crippen LogP contribution in [0.3, 0.4) is 0 Å². The highest BCUT2D eigenvalue weighted by Crippen LogP contribution is 2.44. The summed E-state index contributed by atoms with van der Waals surface area (Å²) in [7, 11) is 2.57. The molecular weight excluding hydrogens is 503 g/mol. The third-order valence-corrected chi connectivity index (χ3v) is 5.96. The van der Waals surface area contributed by atoms with Crippen molar-refractivity contribution in [2.75, 3.05) is 25.7 Å². The molecule has 0 saturated heterocycles. The number of rotatable bonds is 7. The van der Waals surface area contributed by atoms with Crippen LogP contribution in [0.4, 0.5) is 18.9 Å². The lowest BCUT2D eigenvalue weighted by atomic mass is 9.80. The number of hydrogen-bond acceptors (Lipinski definition) is 8. The zero-order valence-electron chi connectivity index (χ0n) is 21.1. The highest BCUT2D eigenvalue weighted by Gasteiger charge is 2.42. The molecule has 0 aromatic heterocycles. The fourth-order valence-electron chi connectivity index (χ4n) is 4.27. The fraction of sp³-hybridized carbons (Fsp3) is 0.296. The van der Waals surface area contributed by atoms with Gasteiger partial charge in [-0.25, -0.2) is 9.59 Å². The summed E-state index contributed by atoms with van der Waals surface area (Å²) < 4.78 is 56.1. The van der Waals surface area contributed by atoms with Crippen molar-refractivity contribution in [1.82, 2.24) is 0 Å². The number of alkyl halides is 3. The molecular formula is C27H26F3N3O5. The SMILES string of the molecule is COCC(C)OC(=O)C1=C(N)N(c2cccc(C(F)(F)F)c2)C(C)=C(C(=O)OC)C1c1ccc(C#N)cc1. The number of methoxy groups -OCH3 is 2. The van der Waals surface area contributed by atoms with Crippen molar-refractivity contribution in [2.24, 2.45) is 5.73 Å². The summed E-state index contributed by atoms with van der Waals surface area (Å²) in [5, 5.41) is 9.20. The molecule has 200 valence electrons. The Bertz CT molecular complexity index is 1330. The summed E-state index contributed by atoms with van der Waals surface area (Å²) in [5.41, 5.74) is 6.23. The van der Waals surface area contributed by atoms with Crippen LogP contribution in [-0.4, -0.2) is 38.9 Å². The smallest absolute Gasteiger partial charge is 0.416 e. The molecule has 2 aromatic carbocycles. The largest absolute Gasteiger partial charge is 0.466 e. The van der Waals surface area contributed by atoms with Crippen LogP contribution < -0.4 is 10.6 Å². The van der Waals surface area contributed by atoms with E-state index in [1.807, 2.05) is 6.07 Å². The first-order valence-electron chi connectivity index (χ1n) is 11.4. The minimum Gasteiger partial charge on any atom is -0.466 e. The molecule has 8 nitrogen and oxygen atoms in total. The molecule has 0 amide bonds. The van der Waals surface area contributed by atoms with Gasteiger partial charge in [0.25, 0.3) is 0 Å². The number of nitrogens with zero attached hydrogens (tertiary/aromatic N) is 2. The highest BCUT2D eigenvalue weighted by atomic mass is 19.4. The number of benzene rings is 2. The predicted octanol–water partition coefficient (Wildman–Crippen LogP) is 4.38. The molecule has 2 atom stereocenters. The number of allylic oxidation sites excluding steroid dienone is 1. The average Bonchev–Trinajstić information content (AvgIpc) is 2.87. The first-order chi connectivity index (χ1) is 17.9. The molecule has 2 aromatic rings. The second kappa shape index (κ2) is 11.4. The molecule has 0 radical (unpaired) electrons. The van der Waals surface area contributed by atoms with E-state index >= 15 is 0 Å². The van der Waals surface area contributed by atoms with E-state index in [9.17, 15) is 28.0 Å². The number of nitrogens with two attached hydrogens (primary N) is 1. The molecule has 3 rings (SSSR count). The lowest BCUT2D eigenvalue weighted by Crippen LogP contribution is -2.40. The van der Waals surface area contributed by atoms with Gasteiger partial charge in [-0.1, -0.05) is 18.2 Å². The third-order valence-electron chi connectivity index (χ3n) is 5.96. The van der Waals surface area contributed by atoms with Crippen molar-refractivity contribution in [3.8, 4) is 6.07 Å². The number of anilines is 1. The van der Waals surface area contributed by atoms with Crippen LogP contribution in [0.2, 0.25) is 0 Å². The summed E-state index contributed by atoms with van der Waals surface area (Å²) in [6.07, 6.45) is -5.35. The van der Waals surface area contributed by atoms with Crippen LogP contribution in [-0.2, 0) is 30.0 Å². The molecule has 1 heterocycles. The molecule has 2 N–H and O–H groups in total. The van der Waals surface area contributed by atoms with Crippen LogP contribution in [0.15, 0.2) is 71.2 Å². The van der Waals surface area contributed by atoms with E-state index in [-0.39, 0.29) is 35.0 Å². The third kappa shape index (κ3) is 5.65. The maximum absolute atomic E-state index is 13.5. The van der Waals surface area contributed by atoms with Gasteiger partial charge >= 0.3 is 18.1 Å². The number of hydrogen-bond donors (Lipinski definition) is 1. The molecule has 0 fully saturated rings. The molecule has 2 unspecified atom stereocenters. The van der Waals surface area contributed by atoms with E-state index in [1.165, 1.54) is 43.2 Å². The maximum atomic E-state index is 13.5. The molecule has 0 bridgehead atoms. The van der Waals surface area contributed by atoms with Crippen molar-refractivity contribution in [1.29, 1.82) is 5.26 Å². The zero-order chi connectivity index (χ0) is 28.2. The van der Waals surface area contributed by atoms with Gasteiger partial charge in [0, 0.05) is 18.5 Å². The van der Waals surface area contributed by atoms with E-state index in [2.05, 4.69) is 0 Å². The molecule has 1 aliphatic heterocycles. The number of carbonyl (C=O) groups excluding carboxylic acids is 2. The Hall–Kier alpha value is -4.30. The topological polar surface area (TPSA) is 115 Å². The van der Waals surface area contributed by atoms with Crippen LogP contribution in [0.25, 0.3) is 0 Å². The van der Waals surface area contributed by atoms with Crippen molar-refractivity contribution in [3.63, 3.8) is 0 Å². The Balaban J connectivity index is 2.31. The second-order valence-electron chi connectivity index (χ2n) is 8.51. The van der Waals surface area contributed by atoms with Crippen LogP contribution in [0, 0.1) is 11.3 Å². The highest BCUT2D eigenvalue weighted by molar-refractivity contribution is 6.01. The van der Waals surface area contributed by atoms with E-state index < -0.39 is 35.7 Å². The summed E-state index contributed by atoms with van der Waals surface area (Å²) in [6.45, 7) is 3.15. The van der Waals surface area contributed by atoms with Crippen molar-refractivity contribution < 1.29 is 37.0 Å². The first kappa shape index (κ1) is 28.3. The maximum Gasteiger partial charge on any atom is 0.416 e. The van der Waals surface area contributed by atoms with Gasteiger partial charge in [0.1, 0.15) is 11.9 Å². The van der Waals surface area contributed by atoms with Gasteiger partial charge in [0.2, 0.25) is 0 Å². The van der Waals surface area contributed by atoms with Crippen molar-refractivity contribution in [2.45, 2.75) is 32.0 Å². The Labute approximate surface area is 217 Å². The Morgan fingerprint density at radius 3 is 2.32 bits per heavy atom. The lowest BCUT2D eigenvalue weighted by molar-refractivity contribution is -0.146. The normalized spacial score (nSPS) is 16.7. The molecule has 1 aliphatic rings. The average molecular weight is 530 g/mol. The second-order valence-corrected chi connectivity index (χ2v) is 8.51. The summed E-state index contributed by atoms with van der Waals surface area (Å²) in [5.74, 6) is -3.04. The Morgan fingerprint density at radius 2 is 1.76 bits per heavy atom. The number of carbonyl (C=O) groups is 2. The van der Waals surface area contributed by atoms with Gasteiger partial charge in [0.05, 0.1) is 48.0 Å². The van der Waals surface area contributed by atoms with E-state index in [4.69, 9.17) is 19.9 Å². The minimum atomic E-state index is -4.64. The van der Waals surface area contributed by atoms with E-state index in [1.54, 1.807) is 19.1 Å². The zero-order valence-corrected chi connectivity index (χ0v) is 21.1. The number of halogens is 3. The van der Waals surface area contributed by atoms with E-state index in [0.717, 1.165) is 19.2 Å². The molecule has 11 heteroatoms. The van der Waals surface area contributed by atoms with Crippen LogP contribution in [0.5, 0.6) is 0 Å².